The van der Waals surface area contributed by atoms with E-state index in [1.807, 2.05) is 0 Å². The molecule has 12 heteroatoms. The Hall–Kier alpha value is -2.24. The van der Waals surface area contributed by atoms with Gasteiger partial charge >= 0.3 is 29.9 Å². The van der Waals surface area contributed by atoms with Crippen molar-refractivity contribution in [2.45, 2.75) is 37.3 Å². The fourth-order valence-corrected chi connectivity index (χ4v) is 3.75. The maximum absolute atomic E-state index is 15.3. The summed E-state index contributed by atoms with van der Waals surface area (Å²) in [5, 5.41) is 0. The highest BCUT2D eigenvalue weighted by molar-refractivity contribution is 9.10. The summed E-state index contributed by atoms with van der Waals surface area (Å²) in [5.74, 6) is -7.65. The van der Waals surface area contributed by atoms with Gasteiger partial charge < -0.3 is 4.74 Å². The lowest BCUT2D eigenvalue weighted by molar-refractivity contribution is -0.389. The number of aryl methyl sites for hydroxylation is 1. The first kappa shape index (κ1) is 26.0. The van der Waals surface area contributed by atoms with E-state index in [1.165, 1.54) is 13.0 Å². The van der Waals surface area contributed by atoms with Crippen LogP contribution in [0.15, 0.2) is 40.9 Å². The number of hydrogen-bond donors (Lipinski definition) is 0. The minimum absolute atomic E-state index is 0.0814. The standard InChI is InChI=1S/C20H14BrF9O2/c1-3-10-8-13(17(22,19(25,26)27)18(23,24)20(28,29)30)15(14(21)9-10)11-4-6-12(7-5-11)16(31)32-2/h4-9H,3H2,1-2H3. The van der Waals surface area contributed by atoms with Gasteiger partial charge in [0, 0.05) is 15.6 Å². The minimum atomic E-state index is -6.85. The monoisotopic (exact) mass is 536 g/mol. The summed E-state index contributed by atoms with van der Waals surface area (Å²) in [6, 6.07) is 5.55. The van der Waals surface area contributed by atoms with E-state index in [0.29, 0.717) is 6.07 Å². The van der Waals surface area contributed by atoms with Crippen molar-refractivity contribution in [1.82, 2.24) is 0 Å². The third kappa shape index (κ3) is 4.20. The minimum Gasteiger partial charge on any atom is -0.465 e. The summed E-state index contributed by atoms with van der Waals surface area (Å²) in [4.78, 5) is 11.5. The molecule has 0 aliphatic rings. The lowest BCUT2D eigenvalue weighted by Crippen LogP contribution is -2.60. The van der Waals surface area contributed by atoms with Crippen LogP contribution in [-0.4, -0.2) is 31.4 Å². The van der Waals surface area contributed by atoms with E-state index in [0.717, 1.165) is 31.4 Å². The molecule has 2 rings (SSSR count). The second-order valence-electron chi connectivity index (χ2n) is 6.65. The number of hydrogen-bond acceptors (Lipinski definition) is 2. The zero-order chi connectivity index (χ0) is 24.7. The lowest BCUT2D eigenvalue weighted by atomic mass is 9.81. The molecule has 0 aliphatic carbocycles. The number of ether oxygens (including phenoxy) is 1. The Morgan fingerprint density at radius 1 is 0.906 bits per heavy atom. The number of halogens is 10. The molecule has 176 valence electrons. The van der Waals surface area contributed by atoms with Gasteiger partial charge in [0.2, 0.25) is 0 Å². The number of esters is 1. The summed E-state index contributed by atoms with van der Waals surface area (Å²) >= 11 is 2.86. The number of benzene rings is 2. The topological polar surface area (TPSA) is 26.3 Å². The summed E-state index contributed by atoms with van der Waals surface area (Å²) in [5.41, 5.74) is -9.44. The number of rotatable bonds is 5. The van der Waals surface area contributed by atoms with Crippen LogP contribution in [0.25, 0.3) is 11.1 Å². The van der Waals surface area contributed by atoms with E-state index in [9.17, 15) is 39.9 Å². The molecule has 1 atom stereocenters. The number of alkyl halides is 9. The quantitative estimate of drug-likeness (QED) is 0.294. The highest BCUT2D eigenvalue weighted by atomic mass is 79.9. The van der Waals surface area contributed by atoms with Crippen LogP contribution in [0, 0.1) is 0 Å². The molecule has 0 saturated heterocycles. The second kappa shape index (κ2) is 8.60. The second-order valence-corrected chi connectivity index (χ2v) is 7.51. The maximum atomic E-state index is 15.3. The highest BCUT2D eigenvalue weighted by Gasteiger charge is 2.82. The summed E-state index contributed by atoms with van der Waals surface area (Å²) in [6.07, 6.45) is -13.6. The normalized spacial score (nSPS) is 14.8. The van der Waals surface area contributed by atoms with Crippen LogP contribution < -0.4 is 0 Å². The zero-order valence-electron chi connectivity index (χ0n) is 16.3. The van der Waals surface area contributed by atoms with Crippen molar-refractivity contribution in [1.29, 1.82) is 0 Å². The van der Waals surface area contributed by atoms with E-state index in [2.05, 4.69) is 20.7 Å². The highest BCUT2D eigenvalue weighted by Crippen LogP contribution is 2.60. The number of carbonyl (C=O) groups excluding carboxylic acids is 1. The molecule has 0 N–H and O–H groups in total. The van der Waals surface area contributed by atoms with Crippen LogP contribution in [0.1, 0.15) is 28.4 Å². The van der Waals surface area contributed by atoms with E-state index in [1.54, 1.807) is 0 Å². The molecule has 0 radical (unpaired) electrons. The molecule has 0 aliphatic heterocycles. The van der Waals surface area contributed by atoms with Gasteiger partial charge in [-0.2, -0.15) is 35.1 Å². The summed E-state index contributed by atoms with van der Waals surface area (Å²) in [6.45, 7) is 1.39. The van der Waals surface area contributed by atoms with Crippen LogP contribution >= 0.6 is 15.9 Å². The molecule has 2 aromatic carbocycles. The SMILES string of the molecule is CCc1cc(Br)c(-c2ccc(C(=O)OC)cc2)c(C(F)(C(F)(F)F)C(F)(F)C(F)(F)F)c1. The van der Waals surface area contributed by atoms with E-state index in [-0.39, 0.29) is 27.6 Å². The van der Waals surface area contributed by atoms with Gasteiger partial charge in [0.1, 0.15) is 0 Å². The maximum Gasteiger partial charge on any atom is 0.457 e. The van der Waals surface area contributed by atoms with Crippen LogP contribution in [0.5, 0.6) is 0 Å². The Kier molecular flexibility index (Phi) is 6.99. The predicted molar refractivity (Wildman–Crippen MR) is 100 cm³/mol. The molecule has 32 heavy (non-hydrogen) atoms. The van der Waals surface area contributed by atoms with Gasteiger partial charge in [0.25, 0.3) is 0 Å². The molecule has 2 nitrogen and oxygen atoms in total. The first-order chi connectivity index (χ1) is 14.5. The molecule has 0 fully saturated rings. The molecule has 0 bridgehead atoms. The van der Waals surface area contributed by atoms with E-state index in [4.69, 9.17) is 0 Å². The van der Waals surface area contributed by atoms with Gasteiger partial charge in [0.15, 0.2) is 0 Å². The Morgan fingerprint density at radius 2 is 1.44 bits per heavy atom. The van der Waals surface area contributed by atoms with Gasteiger partial charge in [-0.1, -0.05) is 41.1 Å². The van der Waals surface area contributed by atoms with Crippen molar-refractivity contribution >= 4 is 21.9 Å². The molecule has 0 spiro atoms. The van der Waals surface area contributed by atoms with Crippen molar-refractivity contribution in [3.8, 4) is 11.1 Å². The van der Waals surface area contributed by atoms with Gasteiger partial charge in [-0.05, 0) is 35.7 Å². The molecule has 0 amide bonds. The van der Waals surface area contributed by atoms with Crippen LogP contribution in [-0.2, 0) is 16.8 Å². The van der Waals surface area contributed by atoms with Gasteiger partial charge in [-0.15, -0.1) is 0 Å². The Bertz CT molecular complexity index is 998. The van der Waals surface area contributed by atoms with Crippen LogP contribution in [0.3, 0.4) is 0 Å². The van der Waals surface area contributed by atoms with Crippen molar-refractivity contribution in [2.75, 3.05) is 7.11 Å². The van der Waals surface area contributed by atoms with Gasteiger partial charge in [-0.25, -0.2) is 9.18 Å². The Balaban J connectivity index is 2.95. The smallest absolute Gasteiger partial charge is 0.457 e. The molecular formula is C20H14BrF9O2. The molecular weight excluding hydrogens is 523 g/mol. The van der Waals surface area contributed by atoms with Crippen molar-refractivity contribution in [3.05, 3.63) is 57.6 Å². The zero-order valence-corrected chi connectivity index (χ0v) is 17.9. The van der Waals surface area contributed by atoms with Gasteiger partial charge in [-0.3, -0.25) is 0 Å². The fraction of sp³-hybridized carbons (Fsp3) is 0.350. The van der Waals surface area contributed by atoms with Crippen LogP contribution in [0.2, 0.25) is 0 Å². The summed E-state index contributed by atoms with van der Waals surface area (Å²) in [7, 11) is 1.05. The summed E-state index contributed by atoms with van der Waals surface area (Å²) < 4.78 is 128. The largest absolute Gasteiger partial charge is 0.465 e. The van der Waals surface area contributed by atoms with Crippen LogP contribution in [0.4, 0.5) is 39.5 Å². The molecule has 2 aromatic rings. The molecule has 0 heterocycles. The number of methoxy groups -OCH3 is 1. The average molecular weight is 537 g/mol. The Morgan fingerprint density at radius 3 is 1.84 bits per heavy atom. The first-order valence-electron chi connectivity index (χ1n) is 8.74. The third-order valence-electron chi connectivity index (χ3n) is 4.70. The Labute approximate surface area is 184 Å². The predicted octanol–water partition coefficient (Wildman–Crippen LogP) is 7.39. The number of carbonyl (C=O) groups is 1. The molecule has 0 aromatic heterocycles. The van der Waals surface area contributed by atoms with Crippen molar-refractivity contribution in [3.63, 3.8) is 0 Å². The van der Waals surface area contributed by atoms with Crippen molar-refractivity contribution < 1.29 is 49.0 Å². The van der Waals surface area contributed by atoms with Crippen molar-refractivity contribution in [2.24, 2.45) is 0 Å². The third-order valence-corrected chi connectivity index (χ3v) is 5.33. The molecule has 0 saturated carbocycles. The lowest BCUT2D eigenvalue weighted by Gasteiger charge is -2.37. The average Bonchev–Trinajstić information content (AvgIpc) is 2.70. The first-order valence-corrected chi connectivity index (χ1v) is 9.54. The van der Waals surface area contributed by atoms with E-state index < -0.39 is 41.0 Å². The fourth-order valence-electron chi connectivity index (χ4n) is 3.02. The molecule has 1 unspecified atom stereocenters. The van der Waals surface area contributed by atoms with E-state index >= 15 is 4.39 Å². The van der Waals surface area contributed by atoms with Gasteiger partial charge in [0.05, 0.1) is 12.7 Å².